The number of nitrogens with one attached hydrogen (secondary N) is 1. The van der Waals surface area contributed by atoms with Gasteiger partial charge in [0.2, 0.25) is 0 Å². The molecule has 0 fully saturated rings. The Bertz CT molecular complexity index is 418. The van der Waals surface area contributed by atoms with E-state index in [0.29, 0.717) is 12.1 Å². The lowest BCUT2D eigenvalue weighted by molar-refractivity contribution is -0.138. The van der Waals surface area contributed by atoms with Gasteiger partial charge >= 0.3 is 6.18 Å². The van der Waals surface area contributed by atoms with Crippen molar-refractivity contribution in [1.29, 1.82) is 0 Å². The monoisotopic (exact) mass is 302 g/mol. The number of nitrogens with zero attached hydrogens (tertiary/aromatic N) is 1. The molecular weight excluding hydrogens is 277 g/mol. The summed E-state index contributed by atoms with van der Waals surface area (Å²) >= 11 is 0. The maximum absolute atomic E-state index is 13.0. The SMILES string of the molecule is CCCN(CC)CCNC(C)c1ccccc1C(F)(F)F. The van der Waals surface area contributed by atoms with Gasteiger partial charge in [-0.25, -0.2) is 0 Å². The zero-order valence-electron chi connectivity index (χ0n) is 13.0. The molecule has 1 aromatic rings. The largest absolute Gasteiger partial charge is 0.416 e. The number of halogens is 3. The molecule has 0 saturated carbocycles. The molecule has 0 heterocycles. The molecule has 1 atom stereocenters. The van der Waals surface area contributed by atoms with Crippen molar-refractivity contribution in [3.63, 3.8) is 0 Å². The van der Waals surface area contributed by atoms with Crippen LogP contribution in [0.15, 0.2) is 24.3 Å². The van der Waals surface area contributed by atoms with Crippen LogP contribution in [0, 0.1) is 0 Å². The van der Waals surface area contributed by atoms with Gasteiger partial charge in [0.05, 0.1) is 5.56 Å². The van der Waals surface area contributed by atoms with Crippen LogP contribution < -0.4 is 5.32 Å². The van der Waals surface area contributed by atoms with Crippen molar-refractivity contribution in [2.45, 2.75) is 39.4 Å². The first-order valence-corrected chi connectivity index (χ1v) is 7.52. The maximum atomic E-state index is 13.0. The van der Waals surface area contributed by atoms with E-state index >= 15 is 0 Å². The summed E-state index contributed by atoms with van der Waals surface area (Å²) in [5, 5.41) is 3.19. The zero-order valence-corrected chi connectivity index (χ0v) is 13.0. The minimum Gasteiger partial charge on any atom is -0.309 e. The molecule has 2 nitrogen and oxygen atoms in total. The Morgan fingerprint density at radius 3 is 2.38 bits per heavy atom. The van der Waals surface area contributed by atoms with Crippen molar-refractivity contribution in [2.75, 3.05) is 26.2 Å². The summed E-state index contributed by atoms with van der Waals surface area (Å²) in [5.74, 6) is 0. The highest BCUT2D eigenvalue weighted by atomic mass is 19.4. The van der Waals surface area contributed by atoms with Gasteiger partial charge in [0.25, 0.3) is 0 Å². The lowest BCUT2D eigenvalue weighted by Crippen LogP contribution is -2.34. The molecule has 0 radical (unpaired) electrons. The van der Waals surface area contributed by atoms with E-state index in [1.807, 2.05) is 0 Å². The Kier molecular flexibility index (Phi) is 7.18. The van der Waals surface area contributed by atoms with Crippen LogP contribution in [-0.4, -0.2) is 31.1 Å². The number of hydrogen-bond donors (Lipinski definition) is 1. The molecule has 0 bridgehead atoms. The summed E-state index contributed by atoms with van der Waals surface area (Å²) in [6.07, 6.45) is -3.22. The van der Waals surface area contributed by atoms with Gasteiger partial charge in [-0.05, 0) is 38.1 Å². The van der Waals surface area contributed by atoms with Crippen molar-refractivity contribution < 1.29 is 13.2 Å². The maximum Gasteiger partial charge on any atom is 0.416 e. The van der Waals surface area contributed by atoms with Crippen molar-refractivity contribution in [2.24, 2.45) is 0 Å². The van der Waals surface area contributed by atoms with Crippen molar-refractivity contribution in [3.05, 3.63) is 35.4 Å². The first-order chi connectivity index (χ1) is 9.90. The van der Waals surface area contributed by atoms with Crippen LogP contribution in [0.1, 0.15) is 44.4 Å². The molecule has 0 aromatic heterocycles. The Morgan fingerprint density at radius 1 is 1.14 bits per heavy atom. The Morgan fingerprint density at radius 2 is 1.81 bits per heavy atom. The summed E-state index contributed by atoms with van der Waals surface area (Å²) in [4.78, 5) is 2.29. The van der Waals surface area contributed by atoms with Crippen LogP contribution in [0.25, 0.3) is 0 Å². The predicted octanol–water partition coefficient (Wildman–Crippen LogP) is 4.09. The molecule has 5 heteroatoms. The molecule has 0 amide bonds. The Balaban J connectivity index is 2.62. The fourth-order valence-corrected chi connectivity index (χ4v) is 2.43. The first kappa shape index (κ1) is 18.0. The molecule has 1 N–H and O–H groups in total. The van der Waals surface area contributed by atoms with Crippen LogP contribution in [0.5, 0.6) is 0 Å². The normalized spacial score (nSPS) is 13.7. The van der Waals surface area contributed by atoms with E-state index in [9.17, 15) is 13.2 Å². The number of likely N-dealkylation sites (N-methyl/N-ethyl adjacent to an activating group) is 1. The summed E-state index contributed by atoms with van der Waals surface area (Å²) in [6, 6.07) is 5.45. The highest BCUT2D eigenvalue weighted by molar-refractivity contribution is 5.32. The van der Waals surface area contributed by atoms with Gasteiger partial charge in [-0.1, -0.05) is 32.0 Å². The van der Waals surface area contributed by atoms with Gasteiger partial charge < -0.3 is 10.2 Å². The molecule has 0 aliphatic rings. The predicted molar refractivity (Wildman–Crippen MR) is 80.3 cm³/mol. The Hall–Kier alpha value is -1.07. The van der Waals surface area contributed by atoms with Gasteiger partial charge in [-0.15, -0.1) is 0 Å². The van der Waals surface area contributed by atoms with Gasteiger partial charge in [0, 0.05) is 19.1 Å². The van der Waals surface area contributed by atoms with Gasteiger partial charge in [0.15, 0.2) is 0 Å². The molecule has 0 saturated heterocycles. The van der Waals surface area contributed by atoms with E-state index < -0.39 is 11.7 Å². The number of benzene rings is 1. The number of rotatable bonds is 8. The van der Waals surface area contributed by atoms with Crippen molar-refractivity contribution in [3.8, 4) is 0 Å². The third-order valence-electron chi connectivity index (χ3n) is 3.60. The molecule has 0 aliphatic carbocycles. The molecule has 21 heavy (non-hydrogen) atoms. The summed E-state index contributed by atoms with van der Waals surface area (Å²) in [6.45, 7) is 9.51. The second-order valence-electron chi connectivity index (χ2n) is 5.20. The molecule has 1 aromatic carbocycles. The van der Waals surface area contributed by atoms with E-state index in [4.69, 9.17) is 0 Å². The fraction of sp³-hybridized carbons (Fsp3) is 0.625. The molecule has 0 spiro atoms. The zero-order chi connectivity index (χ0) is 15.9. The number of hydrogen-bond acceptors (Lipinski definition) is 2. The van der Waals surface area contributed by atoms with Crippen LogP contribution >= 0.6 is 0 Å². The smallest absolute Gasteiger partial charge is 0.309 e. The summed E-state index contributed by atoms with van der Waals surface area (Å²) in [5.41, 5.74) is -0.241. The van der Waals surface area contributed by atoms with Crippen LogP contribution in [0.2, 0.25) is 0 Å². The first-order valence-electron chi connectivity index (χ1n) is 7.52. The lowest BCUT2D eigenvalue weighted by atomic mass is 10.0. The van der Waals surface area contributed by atoms with Crippen LogP contribution in [0.4, 0.5) is 13.2 Å². The van der Waals surface area contributed by atoms with E-state index in [1.165, 1.54) is 6.07 Å². The quantitative estimate of drug-likeness (QED) is 0.778. The summed E-state index contributed by atoms with van der Waals surface area (Å²) < 4.78 is 38.9. The second-order valence-corrected chi connectivity index (χ2v) is 5.20. The van der Waals surface area contributed by atoms with Gasteiger partial charge in [0.1, 0.15) is 0 Å². The highest BCUT2D eigenvalue weighted by Gasteiger charge is 2.33. The van der Waals surface area contributed by atoms with E-state index in [-0.39, 0.29) is 6.04 Å². The highest BCUT2D eigenvalue weighted by Crippen LogP contribution is 2.34. The molecule has 1 rings (SSSR count). The second kappa shape index (κ2) is 8.39. The molecule has 1 unspecified atom stereocenters. The van der Waals surface area contributed by atoms with Gasteiger partial charge in [-0.2, -0.15) is 13.2 Å². The van der Waals surface area contributed by atoms with Crippen LogP contribution in [0.3, 0.4) is 0 Å². The minimum atomic E-state index is -4.30. The van der Waals surface area contributed by atoms with Crippen molar-refractivity contribution in [1.82, 2.24) is 10.2 Å². The van der Waals surface area contributed by atoms with E-state index in [1.54, 1.807) is 19.1 Å². The molecule has 0 aliphatic heterocycles. The standard InChI is InChI=1S/C16H25F3N2/c1-4-11-21(5-2)12-10-20-13(3)14-8-6-7-9-15(14)16(17,18)19/h6-9,13,20H,4-5,10-12H2,1-3H3. The van der Waals surface area contributed by atoms with Gasteiger partial charge in [-0.3, -0.25) is 0 Å². The lowest BCUT2D eigenvalue weighted by Gasteiger charge is -2.23. The molecular formula is C16H25F3N2. The van der Waals surface area contributed by atoms with Crippen LogP contribution in [-0.2, 0) is 6.18 Å². The minimum absolute atomic E-state index is 0.309. The third kappa shape index (κ3) is 5.67. The fourth-order valence-electron chi connectivity index (χ4n) is 2.43. The number of alkyl halides is 3. The average Bonchev–Trinajstić information content (AvgIpc) is 2.45. The third-order valence-corrected chi connectivity index (χ3v) is 3.60. The average molecular weight is 302 g/mol. The summed E-state index contributed by atoms with van der Waals surface area (Å²) in [7, 11) is 0. The Labute approximate surface area is 125 Å². The van der Waals surface area contributed by atoms with E-state index in [2.05, 4.69) is 24.1 Å². The van der Waals surface area contributed by atoms with E-state index in [0.717, 1.165) is 32.1 Å². The molecule has 120 valence electrons. The topological polar surface area (TPSA) is 15.3 Å². The van der Waals surface area contributed by atoms with Crippen molar-refractivity contribution >= 4 is 0 Å².